The normalized spacial score (nSPS) is 24.6. The van der Waals surface area contributed by atoms with E-state index in [0.717, 1.165) is 19.6 Å². The topological polar surface area (TPSA) is 44.7 Å². The van der Waals surface area contributed by atoms with Gasteiger partial charge in [0.1, 0.15) is 0 Å². The van der Waals surface area contributed by atoms with Crippen LogP contribution < -0.4 is 5.32 Å². The van der Waals surface area contributed by atoms with Gasteiger partial charge in [0.05, 0.1) is 17.3 Å². The van der Waals surface area contributed by atoms with Gasteiger partial charge in [-0.3, -0.25) is 4.90 Å². The minimum Gasteiger partial charge on any atom is -0.390 e. The lowest BCUT2D eigenvalue weighted by Crippen LogP contribution is -2.58. The summed E-state index contributed by atoms with van der Waals surface area (Å²) in [5, 5.41) is 13.4. The van der Waals surface area contributed by atoms with E-state index >= 15 is 0 Å². The first-order valence-corrected chi connectivity index (χ1v) is 7.41. The van der Waals surface area contributed by atoms with E-state index in [2.05, 4.69) is 51.8 Å². The molecule has 4 heteroatoms. The lowest BCUT2D eigenvalue weighted by molar-refractivity contribution is -0.183. The van der Waals surface area contributed by atoms with Crippen LogP contribution in [-0.4, -0.2) is 60.0 Å². The van der Waals surface area contributed by atoms with Crippen molar-refractivity contribution >= 4 is 0 Å². The van der Waals surface area contributed by atoms with Crippen LogP contribution in [0.1, 0.15) is 41.5 Å². The number of nitrogens with one attached hydrogen (secondary N) is 1. The fraction of sp³-hybridized carbons (Fsp3) is 1.00. The largest absolute Gasteiger partial charge is 0.390 e. The summed E-state index contributed by atoms with van der Waals surface area (Å²) in [4.78, 5) is 2.31. The number of ether oxygens (including phenoxy) is 1. The van der Waals surface area contributed by atoms with E-state index < -0.39 is 0 Å². The zero-order valence-corrected chi connectivity index (χ0v) is 13.5. The summed E-state index contributed by atoms with van der Waals surface area (Å²) < 4.78 is 6.05. The summed E-state index contributed by atoms with van der Waals surface area (Å²) in [5.41, 5.74) is -0.292. The number of β-amino-alcohol motifs (C(OH)–C–C–N with tert-alkyl or cyclic N) is 1. The minimum atomic E-state index is -0.316. The maximum absolute atomic E-state index is 10.1. The molecule has 0 aliphatic carbocycles. The summed E-state index contributed by atoms with van der Waals surface area (Å²) in [7, 11) is 0. The van der Waals surface area contributed by atoms with Crippen molar-refractivity contribution in [3.63, 3.8) is 0 Å². The first-order valence-electron chi connectivity index (χ1n) is 7.41. The van der Waals surface area contributed by atoms with E-state index in [9.17, 15) is 5.11 Å². The van der Waals surface area contributed by atoms with Gasteiger partial charge in [0.25, 0.3) is 0 Å². The maximum Gasteiger partial charge on any atom is 0.0791 e. The molecule has 0 amide bonds. The summed E-state index contributed by atoms with van der Waals surface area (Å²) in [6.45, 7) is 16.9. The van der Waals surface area contributed by atoms with Crippen LogP contribution in [-0.2, 0) is 4.74 Å². The second-order valence-corrected chi connectivity index (χ2v) is 7.50. The van der Waals surface area contributed by atoms with Crippen LogP contribution in [0.3, 0.4) is 0 Å². The molecule has 1 fully saturated rings. The molecule has 0 aromatic carbocycles. The van der Waals surface area contributed by atoms with Crippen LogP contribution in [0.15, 0.2) is 0 Å². The molecule has 0 spiro atoms. The molecule has 1 atom stereocenters. The molecule has 1 saturated heterocycles. The summed E-state index contributed by atoms with van der Waals surface area (Å²) in [6.07, 6.45) is -0.316. The molecule has 0 aromatic heterocycles. The van der Waals surface area contributed by atoms with E-state index in [0.29, 0.717) is 19.0 Å². The summed E-state index contributed by atoms with van der Waals surface area (Å²) >= 11 is 0. The molecule has 1 aliphatic heterocycles. The fourth-order valence-corrected chi connectivity index (χ4v) is 2.98. The number of aliphatic hydroxyl groups excluding tert-OH is 1. The molecular weight excluding hydrogens is 240 g/mol. The Balaban J connectivity index is 2.39. The average Bonchev–Trinajstić information content (AvgIpc) is 2.10. The van der Waals surface area contributed by atoms with Gasteiger partial charge >= 0.3 is 0 Å². The van der Waals surface area contributed by atoms with Gasteiger partial charge < -0.3 is 15.2 Å². The van der Waals surface area contributed by atoms with Gasteiger partial charge in [-0.2, -0.15) is 0 Å². The quantitative estimate of drug-likeness (QED) is 0.769. The number of hydrogen-bond donors (Lipinski definition) is 2. The molecule has 0 saturated carbocycles. The standard InChI is InChI=1S/C15H32N2O2/c1-12(2)7-16-8-13(18)9-17-10-14(3,4)19-15(5,6)11-17/h12-13,16,18H,7-11H2,1-6H3. The monoisotopic (exact) mass is 272 g/mol. The zero-order chi connectivity index (χ0) is 14.7. The maximum atomic E-state index is 10.1. The molecule has 1 rings (SSSR count). The van der Waals surface area contributed by atoms with Crippen molar-refractivity contribution in [2.24, 2.45) is 5.92 Å². The van der Waals surface area contributed by atoms with E-state index in [1.807, 2.05) is 0 Å². The van der Waals surface area contributed by atoms with Crippen molar-refractivity contribution in [1.29, 1.82) is 0 Å². The van der Waals surface area contributed by atoms with Crippen LogP contribution in [0.25, 0.3) is 0 Å². The zero-order valence-electron chi connectivity index (χ0n) is 13.5. The van der Waals surface area contributed by atoms with Crippen LogP contribution in [0.4, 0.5) is 0 Å². The van der Waals surface area contributed by atoms with Crippen LogP contribution in [0.2, 0.25) is 0 Å². The van der Waals surface area contributed by atoms with Gasteiger partial charge in [-0.1, -0.05) is 13.8 Å². The Morgan fingerprint density at radius 3 is 2.11 bits per heavy atom. The molecule has 0 aromatic rings. The van der Waals surface area contributed by atoms with E-state index in [1.165, 1.54) is 0 Å². The molecule has 114 valence electrons. The highest BCUT2D eigenvalue weighted by Crippen LogP contribution is 2.27. The predicted molar refractivity (Wildman–Crippen MR) is 79.4 cm³/mol. The van der Waals surface area contributed by atoms with Gasteiger partial charge in [0.15, 0.2) is 0 Å². The molecule has 4 nitrogen and oxygen atoms in total. The van der Waals surface area contributed by atoms with Gasteiger partial charge in [0.2, 0.25) is 0 Å². The van der Waals surface area contributed by atoms with E-state index in [4.69, 9.17) is 4.74 Å². The first kappa shape index (κ1) is 16.9. The number of rotatable bonds is 6. The molecule has 0 bridgehead atoms. The number of morpholine rings is 1. The van der Waals surface area contributed by atoms with Crippen molar-refractivity contribution in [1.82, 2.24) is 10.2 Å². The molecule has 1 unspecified atom stereocenters. The number of nitrogens with zero attached hydrogens (tertiary/aromatic N) is 1. The smallest absolute Gasteiger partial charge is 0.0791 e. The van der Waals surface area contributed by atoms with Crippen molar-refractivity contribution in [3.8, 4) is 0 Å². The van der Waals surface area contributed by atoms with Gasteiger partial charge in [-0.05, 0) is 40.2 Å². The average molecular weight is 272 g/mol. The highest BCUT2D eigenvalue weighted by Gasteiger charge is 2.38. The molecular formula is C15H32N2O2. The Kier molecular flexibility index (Phi) is 5.80. The third-order valence-electron chi connectivity index (χ3n) is 3.16. The first-order chi connectivity index (χ1) is 8.60. The highest BCUT2D eigenvalue weighted by atomic mass is 16.5. The molecule has 19 heavy (non-hydrogen) atoms. The van der Waals surface area contributed by atoms with Crippen LogP contribution in [0, 0.1) is 5.92 Å². The van der Waals surface area contributed by atoms with Crippen molar-refractivity contribution in [3.05, 3.63) is 0 Å². The fourth-order valence-electron chi connectivity index (χ4n) is 2.98. The number of aliphatic hydroxyl groups is 1. The van der Waals surface area contributed by atoms with Gasteiger partial charge in [-0.15, -0.1) is 0 Å². The Morgan fingerprint density at radius 1 is 1.11 bits per heavy atom. The Morgan fingerprint density at radius 2 is 1.63 bits per heavy atom. The second-order valence-electron chi connectivity index (χ2n) is 7.50. The van der Waals surface area contributed by atoms with Crippen molar-refractivity contribution in [2.75, 3.05) is 32.7 Å². The van der Waals surface area contributed by atoms with Crippen LogP contribution in [0.5, 0.6) is 0 Å². The Bertz CT molecular complexity index is 261. The SMILES string of the molecule is CC(C)CNCC(O)CN1CC(C)(C)OC(C)(C)C1. The summed E-state index contributed by atoms with van der Waals surface area (Å²) in [5.74, 6) is 0.619. The molecule has 0 radical (unpaired) electrons. The molecule has 2 N–H and O–H groups in total. The second kappa shape index (κ2) is 6.53. The van der Waals surface area contributed by atoms with E-state index in [1.54, 1.807) is 0 Å². The molecule has 1 aliphatic rings. The highest BCUT2D eigenvalue weighted by molar-refractivity contribution is 4.89. The van der Waals surface area contributed by atoms with Gasteiger partial charge in [-0.25, -0.2) is 0 Å². The third-order valence-corrected chi connectivity index (χ3v) is 3.16. The Hall–Kier alpha value is -0.160. The lowest BCUT2D eigenvalue weighted by Gasteiger charge is -2.47. The Labute approximate surface area is 118 Å². The van der Waals surface area contributed by atoms with E-state index in [-0.39, 0.29) is 17.3 Å². The van der Waals surface area contributed by atoms with Gasteiger partial charge in [0, 0.05) is 26.2 Å². The third kappa shape index (κ3) is 6.70. The molecule has 1 heterocycles. The van der Waals surface area contributed by atoms with Crippen LogP contribution >= 0.6 is 0 Å². The number of hydrogen-bond acceptors (Lipinski definition) is 4. The summed E-state index contributed by atoms with van der Waals surface area (Å²) in [6, 6.07) is 0. The lowest BCUT2D eigenvalue weighted by atomic mass is 9.98. The van der Waals surface area contributed by atoms with Crippen molar-refractivity contribution in [2.45, 2.75) is 58.8 Å². The van der Waals surface area contributed by atoms with Crippen molar-refractivity contribution < 1.29 is 9.84 Å². The minimum absolute atomic E-state index is 0.146. The predicted octanol–water partition coefficient (Wildman–Crippen LogP) is 1.48.